The first-order chi connectivity index (χ1) is 8.13. The molecular weight excluding hydrogens is 236 g/mol. The van der Waals surface area contributed by atoms with Crippen LogP contribution in [0.2, 0.25) is 0 Å². The van der Waals surface area contributed by atoms with Crippen molar-refractivity contribution in [3.05, 3.63) is 41.5 Å². The van der Waals surface area contributed by atoms with Gasteiger partial charge in [-0.15, -0.1) is 0 Å². The number of benzene rings is 1. The Labute approximate surface area is 106 Å². The number of rotatable bonds is 6. The van der Waals surface area contributed by atoms with Crippen LogP contribution < -0.4 is 0 Å². The van der Waals surface area contributed by atoms with Gasteiger partial charge in [-0.1, -0.05) is 36.4 Å². The van der Waals surface area contributed by atoms with Gasteiger partial charge in [-0.25, -0.2) is 0 Å². The number of hydrogen-bond acceptors (Lipinski definition) is 3. The number of Topliss-reactive ketones (excluding diaryl/α,β-unsaturated/α-hetero) is 1. The molecule has 0 amide bonds. The van der Waals surface area contributed by atoms with Crippen LogP contribution in [0.5, 0.6) is 0 Å². The first-order valence-corrected chi connectivity index (χ1v) is 5.89. The quantitative estimate of drug-likeness (QED) is 0.603. The molecule has 4 heteroatoms. The molecule has 0 atom stereocenters. The fourth-order valence-electron chi connectivity index (χ4n) is 1.33. The Morgan fingerprint density at radius 2 is 1.82 bits per heavy atom. The average Bonchev–Trinajstić information content (AvgIpc) is 2.34. The molecule has 1 aromatic rings. The molecule has 1 rings (SSSR count). The van der Waals surface area contributed by atoms with Gasteiger partial charge in [-0.05, 0) is 5.56 Å². The van der Waals surface area contributed by atoms with E-state index < -0.39 is 5.97 Å². The number of carboxylic acid groups (broad SMARTS) is 1. The molecule has 1 aromatic carbocycles. The number of carbonyl (C=O) groups is 2. The largest absolute Gasteiger partial charge is 0.481 e. The summed E-state index contributed by atoms with van der Waals surface area (Å²) in [6, 6.07) is 7.08. The van der Waals surface area contributed by atoms with Crippen molar-refractivity contribution in [2.45, 2.75) is 12.8 Å². The number of hydrogen-bond donors (Lipinski definition) is 2. The zero-order valence-corrected chi connectivity index (χ0v) is 10.2. The summed E-state index contributed by atoms with van der Waals surface area (Å²) < 4.78 is 0. The maximum atomic E-state index is 11.6. The van der Waals surface area contributed by atoms with Gasteiger partial charge < -0.3 is 5.11 Å². The molecule has 0 bridgehead atoms. The van der Waals surface area contributed by atoms with Crippen molar-refractivity contribution in [1.29, 1.82) is 0 Å². The van der Waals surface area contributed by atoms with Crippen LogP contribution in [-0.2, 0) is 4.79 Å². The van der Waals surface area contributed by atoms with Crippen LogP contribution in [0.1, 0.15) is 28.8 Å². The summed E-state index contributed by atoms with van der Waals surface area (Å²) in [6.45, 7) is 0. The van der Waals surface area contributed by atoms with Crippen LogP contribution in [0.3, 0.4) is 0 Å². The van der Waals surface area contributed by atoms with E-state index in [0.717, 1.165) is 5.56 Å². The monoisotopic (exact) mass is 250 g/mol. The minimum Gasteiger partial charge on any atom is -0.481 e. The van der Waals surface area contributed by atoms with E-state index in [-0.39, 0.29) is 18.6 Å². The second-order valence-corrected chi connectivity index (χ2v) is 3.89. The summed E-state index contributed by atoms with van der Waals surface area (Å²) >= 11 is 4.05. The van der Waals surface area contributed by atoms with Gasteiger partial charge in [0.05, 0.1) is 6.42 Å². The summed E-state index contributed by atoms with van der Waals surface area (Å²) in [5.74, 6) is -0.428. The number of carboxylic acids is 1. The van der Waals surface area contributed by atoms with E-state index in [1.807, 2.05) is 24.3 Å². The van der Waals surface area contributed by atoms with E-state index in [4.69, 9.17) is 5.11 Å². The molecule has 0 radical (unpaired) electrons. The Bertz CT molecular complexity index is 421. The van der Waals surface area contributed by atoms with Gasteiger partial charge >= 0.3 is 5.97 Å². The highest BCUT2D eigenvalue weighted by Crippen LogP contribution is 2.09. The highest BCUT2D eigenvalue weighted by molar-refractivity contribution is 7.80. The molecule has 0 unspecified atom stereocenters. The SMILES string of the molecule is O=C(O)CCC(=O)c1ccc(C=CCS)cc1. The lowest BCUT2D eigenvalue weighted by molar-refractivity contribution is -0.136. The molecule has 0 saturated carbocycles. The maximum Gasteiger partial charge on any atom is 0.303 e. The lowest BCUT2D eigenvalue weighted by Gasteiger charge is -2.00. The van der Waals surface area contributed by atoms with Crippen molar-refractivity contribution in [3.63, 3.8) is 0 Å². The number of ketones is 1. The smallest absolute Gasteiger partial charge is 0.303 e. The number of carbonyl (C=O) groups excluding carboxylic acids is 1. The molecule has 1 N–H and O–H groups in total. The highest BCUT2D eigenvalue weighted by Gasteiger charge is 2.07. The Kier molecular flexibility index (Phi) is 5.49. The van der Waals surface area contributed by atoms with Gasteiger partial charge in [-0.2, -0.15) is 12.6 Å². The average molecular weight is 250 g/mol. The predicted octanol–water partition coefficient (Wildman–Crippen LogP) is 2.68. The summed E-state index contributed by atoms with van der Waals surface area (Å²) in [4.78, 5) is 21.9. The normalized spacial score (nSPS) is 10.6. The lowest BCUT2D eigenvalue weighted by Crippen LogP contribution is -2.03. The first-order valence-electron chi connectivity index (χ1n) is 5.26. The zero-order valence-electron chi connectivity index (χ0n) is 9.30. The summed E-state index contributed by atoms with van der Waals surface area (Å²) in [6.07, 6.45) is 3.74. The lowest BCUT2D eigenvalue weighted by atomic mass is 10.0. The highest BCUT2D eigenvalue weighted by atomic mass is 32.1. The van der Waals surface area contributed by atoms with Gasteiger partial charge in [0, 0.05) is 17.7 Å². The molecule has 90 valence electrons. The predicted molar refractivity (Wildman–Crippen MR) is 70.5 cm³/mol. The van der Waals surface area contributed by atoms with Crippen LogP contribution in [0.25, 0.3) is 6.08 Å². The number of thiol groups is 1. The third-order valence-corrected chi connectivity index (χ3v) is 2.43. The molecule has 0 aromatic heterocycles. The minimum atomic E-state index is -0.952. The van der Waals surface area contributed by atoms with Gasteiger partial charge in [0.15, 0.2) is 5.78 Å². The topological polar surface area (TPSA) is 54.4 Å². The third-order valence-electron chi connectivity index (χ3n) is 2.21. The second kappa shape index (κ2) is 6.91. The van der Waals surface area contributed by atoms with E-state index in [1.165, 1.54) is 0 Å². The standard InChI is InChI=1S/C13H14O3S/c14-12(7-8-13(15)16)11-5-3-10(4-6-11)2-1-9-17/h1-6,17H,7-9H2,(H,15,16). The summed E-state index contributed by atoms with van der Waals surface area (Å²) in [5.41, 5.74) is 1.54. The van der Waals surface area contributed by atoms with Crippen LogP contribution in [-0.4, -0.2) is 22.6 Å². The van der Waals surface area contributed by atoms with Crippen molar-refractivity contribution in [1.82, 2.24) is 0 Å². The molecule has 3 nitrogen and oxygen atoms in total. The molecule has 0 aliphatic carbocycles. The van der Waals surface area contributed by atoms with Gasteiger partial charge in [0.1, 0.15) is 0 Å². The Hall–Kier alpha value is -1.55. The Balaban J connectivity index is 2.63. The molecule has 0 saturated heterocycles. The van der Waals surface area contributed by atoms with E-state index in [1.54, 1.807) is 12.1 Å². The summed E-state index contributed by atoms with van der Waals surface area (Å²) in [5, 5.41) is 8.48. The van der Waals surface area contributed by atoms with Crippen molar-refractivity contribution in [2.75, 3.05) is 5.75 Å². The van der Waals surface area contributed by atoms with Crippen LogP contribution >= 0.6 is 12.6 Å². The van der Waals surface area contributed by atoms with Crippen LogP contribution in [0.4, 0.5) is 0 Å². The van der Waals surface area contributed by atoms with Gasteiger partial charge in [0.2, 0.25) is 0 Å². The van der Waals surface area contributed by atoms with Crippen LogP contribution in [0.15, 0.2) is 30.3 Å². The zero-order chi connectivity index (χ0) is 12.7. The van der Waals surface area contributed by atoms with Crippen molar-refractivity contribution < 1.29 is 14.7 Å². The Morgan fingerprint density at radius 3 is 2.35 bits per heavy atom. The van der Waals surface area contributed by atoms with Crippen molar-refractivity contribution >= 4 is 30.5 Å². The first kappa shape index (κ1) is 13.5. The van der Waals surface area contributed by atoms with E-state index in [2.05, 4.69) is 12.6 Å². The minimum absolute atomic E-state index is 0.0428. The van der Waals surface area contributed by atoms with Gasteiger partial charge in [-0.3, -0.25) is 9.59 Å². The van der Waals surface area contributed by atoms with Crippen molar-refractivity contribution in [3.8, 4) is 0 Å². The third kappa shape index (κ3) is 4.87. The van der Waals surface area contributed by atoms with E-state index in [0.29, 0.717) is 11.3 Å². The van der Waals surface area contributed by atoms with E-state index in [9.17, 15) is 9.59 Å². The molecule has 0 fully saturated rings. The molecule has 0 spiro atoms. The molecule has 0 heterocycles. The molecular formula is C13H14O3S. The number of aliphatic carboxylic acids is 1. The fourth-order valence-corrected chi connectivity index (χ4v) is 1.44. The molecule has 0 aliphatic heterocycles. The van der Waals surface area contributed by atoms with Crippen molar-refractivity contribution in [2.24, 2.45) is 0 Å². The second-order valence-electron chi connectivity index (χ2n) is 3.52. The summed E-state index contributed by atoms with van der Waals surface area (Å²) in [7, 11) is 0. The van der Waals surface area contributed by atoms with Gasteiger partial charge in [0.25, 0.3) is 0 Å². The van der Waals surface area contributed by atoms with Crippen LogP contribution in [0, 0.1) is 0 Å². The maximum absolute atomic E-state index is 11.6. The molecule has 17 heavy (non-hydrogen) atoms. The fraction of sp³-hybridized carbons (Fsp3) is 0.231. The Morgan fingerprint density at radius 1 is 1.18 bits per heavy atom. The van der Waals surface area contributed by atoms with E-state index >= 15 is 0 Å². The molecule has 0 aliphatic rings.